The zero-order valence-corrected chi connectivity index (χ0v) is 22.0. The third kappa shape index (κ3) is 6.44. The average Bonchev–Trinajstić information content (AvgIpc) is 3.08. The molecule has 12 nitrogen and oxygen atoms in total. The Hall–Kier alpha value is -5.39. The van der Waals surface area contributed by atoms with E-state index in [0.29, 0.717) is 5.56 Å². The summed E-state index contributed by atoms with van der Waals surface area (Å²) in [6.45, 7) is 0.786. The van der Waals surface area contributed by atoms with Crippen LogP contribution in [0, 0.1) is 0 Å². The minimum absolute atomic E-state index is 0.0587. The molecule has 0 unspecified atom stereocenters. The fraction of sp³-hybridized carbons (Fsp3) is 0.207. The molecule has 41 heavy (non-hydrogen) atoms. The number of hydrazine groups is 1. The molecule has 1 aromatic heterocycles. The van der Waals surface area contributed by atoms with E-state index >= 15 is 0 Å². The minimum Gasteiger partial charge on any atom is -0.481 e. The molecule has 4 amide bonds. The number of carbonyl (C=O) groups is 6. The first-order valence-corrected chi connectivity index (χ1v) is 12.7. The number of carbonyl (C=O) groups excluding carboxylic acids is 5. The maximum atomic E-state index is 14.2. The zero-order valence-electron chi connectivity index (χ0n) is 22.0. The summed E-state index contributed by atoms with van der Waals surface area (Å²) in [5.74, 6) is -4.02. The molecule has 0 saturated carbocycles. The molecule has 0 spiro atoms. The Bertz CT molecular complexity index is 1460. The van der Waals surface area contributed by atoms with Gasteiger partial charge in [0.1, 0.15) is 18.4 Å². The van der Waals surface area contributed by atoms with Gasteiger partial charge in [-0.2, -0.15) is 0 Å². The fourth-order valence-corrected chi connectivity index (χ4v) is 4.56. The molecule has 3 aromatic rings. The lowest BCUT2D eigenvalue weighted by atomic mass is 10.1. The summed E-state index contributed by atoms with van der Waals surface area (Å²) in [5, 5.41) is 13.7. The van der Waals surface area contributed by atoms with Crippen LogP contribution in [0.5, 0.6) is 0 Å². The predicted molar refractivity (Wildman–Crippen MR) is 147 cm³/mol. The molecule has 210 valence electrons. The number of amides is 4. The number of hydrogen-bond acceptors (Lipinski definition) is 7. The number of pyridine rings is 1. The predicted octanol–water partition coefficient (Wildman–Crippen LogP) is 1.61. The summed E-state index contributed by atoms with van der Waals surface area (Å²) in [6.07, 6.45) is 2.51. The third-order valence-corrected chi connectivity index (χ3v) is 6.41. The number of rotatable bonds is 9. The lowest BCUT2D eigenvalue weighted by Gasteiger charge is -2.38. The van der Waals surface area contributed by atoms with Crippen LogP contribution in [-0.4, -0.2) is 69.6 Å². The van der Waals surface area contributed by atoms with E-state index in [9.17, 15) is 33.9 Å². The highest BCUT2D eigenvalue weighted by molar-refractivity contribution is 6.10. The highest BCUT2D eigenvalue weighted by Gasteiger charge is 2.42. The third-order valence-electron chi connectivity index (χ3n) is 6.41. The minimum atomic E-state index is -1.55. The van der Waals surface area contributed by atoms with Gasteiger partial charge in [-0.1, -0.05) is 30.3 Å². The maximum absolute atomic E-state index is 14.2. The topological polar surface area (TPSA) is 157 Å². The van der Waals surface area contributed by atoms with Crippen molar-refractivity contribution in [3.05, 3.63) is 90.3 Å². The Labute approximate surface area is 235 Å². The summed E-state index contributed by atoms with van der Waals surface area (Å²) in [5.41, 5.74) is 1.20. The summed E-state index contributed by atoms with van der Waals surface area (Å²) in [7, 11) is 0. The van der Waals surface area contributed by atoms with Gasteiger partial charge in [0.05, 0.1) is 30.8 Å². The Morgan fingerprint density at radius 1 is 1.02 bits per heavy atom. The van der Waals surface area contributed by atoms with Gasteiger partial charge in [0.25, 0.3) is 11.8 Å². The van der Waals surface area contributed by atoms with Crippen molar-refractivity contribution in [2.75, 3.05) is 16.5 Å². The summed E-state index contributed by atoms with van der Waals surface area (Å²) < 4.78 is 0. The van der Waals surface area contributed by atoms with Gasteiger partial charge < -0.3 is 20.1 Å². The quantitative estimate of drug-likeness (QED) is 0.376. The van der Waals surface area contributed by atoms with E-state index in [1.807, 2.05) is 0 Å². The smallest absolute Gasteiger partial charge is 0.305 e. The van der Waals surface area contributed by atoms with Crippen molar-refractivity contribution in [1.82, 2.24) is 15.3 Å². The van der Waals surface area contributed by atoms with Crippen molar-refractivity contribution in [1.29, 1.82) is 0 Å². The summed E-state index contributed by atoms with van der Waals surface area (Å²) >= 11 is 0. The number of benzene rings is 2. The Kier molecular flexibility index (Phi) is 8.82. The highest BCUT2D eigenvalue weighted by atomic mass is 16.4. The molecule has 1 aliphatic rings. The van der Waals surface area contributed by atoms with Crippen LogP contribution in [0.25, 0.3) is 0 Å². The van der Waals surface area contributed by atoms with Crippen molar-refractivity contribution in [2.45, 2.75) is 31.8 Å². The monoisotopic (exact) mass is 557 g/mol. The molecule has 0 bridgehead atoms. The molecular weight excluding hydrogens is 530 g/mol. The van der Waals surface area contributed by atoms with Gasteiger partial charge in [-0.3, -0.25) is 29.0 Å². The zero-order chi connectivity index (χ0) is 29.5. The second-order valence-electron chi connectivity index (χ2n) is 9.23. The molecule has 12 heteroatoms. The average molecular weight is 558 g/mol. The summed E-state index contributed by atoms with van der Waals surface area (Å²) in [4.78, 5) is 82.8. The Morgan fingerprint density at radius 3 is 2.27 bits per heavy atom. The first-order chi connectivity index (χ1) is 19.7. The number of aliphatic carboxylic acids is 1. The number of aromatic nitrogens is 1. The molecule has 1 aliphatic heterocycles. The molecule has 0 aliphatic carbocycles. The Balaban J connectivity index is 1.84. The molecule has 2 aromatic carbocycles. The van der Waals surface area contributed by atoms with Crippen molar-refractivity contribution in [3.63, 3.8) is 0 Å². The fourth-order valence-electron chi connectivity index (χ4n) is 4.56. The number of nitrogens with one attached hydrogen (secondary N) is 1. The van der Waals surface area contributed by atoms with Gasteiger partial charge in [0.15, 0.2) is 0 Å². The molecule has 2 atom stereocenters. The number of carboxylic acid groups (broad SMARTS) is 1. The van der Waals surface area contributed by atoms with Crippen molar-refractivity contribution in [3.8, 4) is 0 Å². The number of carboxylic acids is 1. The van der Waals surface area contributed by atoms with Crippen LogP contribution in [-0.2, 0) is 30.4 Å². The van der Waals surface area contributed by atoms with Crippen molar-refractivity contribution in [2.24, 2.45) is 0 Å². The molecule has 0 saturated heterocycles. The van der Waals surface area contributed by atoms with Gasteiger partial charge in [0, 0.05) is 24.9 Å². The largest absolute Gasteiger partial charge is 0.481 e. The molecular formula is C29H27N5O7. The van der Waals surface area contributed by atoms with Gasteiger partial charge in [-0.15, -0.1) is 0 Å². The molecule has 0 radical (unpaired) electrons. The second-order valence-corrected chi connectivity index (χ2v) is 9.23. The maximum Gasteiger partial charge on any atom is 0.305 e. The first kappa shape index (κ1) is 28.6. The van der Waals surface area contributed by atoms with E-state index in [4.69, 9.17) is 0 Å². The number of fused-ring (bicyclic) bond motifs is 1. The SMILES string of the molecule is CC(=O)N([C@H](C=O)CC(=O)O)N1C(=O)[C@@H](NC(=O)c2ccccc2)CN(C(=O)Cc2ccncc2)c2ccccc21. The molecule has 2 heterocycles. The van der Waals surface area contributed by atoms with Gasteiger partial charge >= 0.3 is 5.97 Å². The van der Waals surface area contributed by atoms with Crippen LogP contribution in [0.2, 0.25) is 0 Å². The van der Waals surface area contributed by atoms with Crippen molar-refractivity contribution >= 4 is 47.3 Å². The van der Waals surface area contributed by atoms with E-state index < -0.39 is 48.1 Å². The lowest BCUT2D eigenvalue weighted by molar-refractivity contribution is -0.145. The van der Waals surface area contributed by atoms with Crippen LogP contribution in [0.1, 0.15) is 29.3 Å². The molecule has 4 rings (SSSR count). The second kappa shape index (κ2) is 12.6. The number of aldehydes is 1. The normalized spacial score (nSPS) is 15.2. The molecule has 2 N–H and O–H groups in total. The first-order valence-electron chi connectivity index (χ1n) is 12.7. The van der Waals surface area contributed by atoms with Gasteiger partial charge in [0.2, 0.25) is 11.8 Å². The summed E-state index contributed by atoms with van der Waals surface area (Å²) in [6, 6.07) is 14.8. The van der Waals surface area contributed by atoms with E-state index in [2.05, 4.69) is 10.3 Å². The van der Waals surface area contributed by atoms with Crippen LogP contribution in [0.15, 0.2) is 79.1 Å². The van der Waals surface area contributed by atoms with E-state index in [-0.39, 0.29) is 36.2 Å². The standard InChI is InChI=1S/C29H27N5O7/c1-19(36)33(22(18-35)16-27(38)39)34-25-10-6-5-9-24(25)32(26(37)15-20-11-13-30-14-12-20)17-23(29(34)41)31-28(40)21-7-3-2-4-8-21/h2-14,18,22-23H,15-17H2,1H3,(H,31,40)(H,38,39)/t22-,23-/m0/s1. The number of para-hydroxylation sites is 2. The number of anilines is 2. The van der Waals surface area contributed by atoms with Crippen LogP contribution < -0.4 is 15.2 Å². The molecule has 0 fully saturated rings. The van der Waals surface area contributed by atoms with E-state index in [1.165, 1.54) is 11.0 Å². The van der Waals surface area contributed by atoms with Crippen LogP contribution in [0.4, 0.5) is 11.4 Å². The van der Waals surface area contributed by atoms with Gasteiger partial charge in [-0.25, -0.2) is 10.0 Å². The van der Waals surface area contributed by atoms with Crippen molar-refractivity contribution < 1.29 is 33.9 Å². The van der Waals surface area contributed by atoms with Crippen LogP contribution in [0.3, 0.4) is 0 Å². The van der Waals surface area contributed by atoms with E-state index in [0.717, 1.165) is 16.9 Å². The van der Waals surface area contributed by atoms with Gasteiger partial charge in [-0.05, 0) is 42.0 Å². The Morgan fingerprint density at radius 2 is 1.66 bits per heavy atom. The van der Waals surface area contributed by atoms with E-state index in [1.54, 1.807) is 73.1 Å². The number of hydrogen-bond donors (Lipinski definition) is 2. The van der Waals surface area contributed by atoms with Crippen LogP contribution >= 0.6 is 0 Å². The lowest BCUT2D eigenvalue weighted by Crippen LogP contribution is -2.61. The highest BCUT2D eigenvalue weighted by Crippen LogP contribution is 2.35. The number of nitrogens with zero attached hydrogens (tertiary/aromatic N) is 4.